The quantitative estimate of drug-likeness (QED) is 0.360. The summed E-state index contributed by atoms with van der Waals surface area (Å²) in [5.74, 6) is 0.297. The Morgan fingerprint density at radius 3 is 3.04 bits per heavy atom. The molecule has 1 fully saturated rings. The van der Waals surface area contributed by atoms with Crippen molar-refractivity contribution in [2.45, 2.75) is 25.6 Å². The molecule has 0 unspecified atom stereocenters. The number of non-ortho nitro benzene ring substituents is 1. The van der Waals surface area contributed by atoms with Crippen LogP contribution >= 0.6 is 23.6 Å². The molecule has 0 aliphatic carbocycles. The molecule has 2 aromatic heterocycles. The lowest BCUT2D eigenvalue weighted by molar-refractivity contribution is -0.384. The van der Waals surface area contributed by atoms with Crippen LogP contribution in [-0.4, -0.2) is 26.1 Å². The first-order valence-corrected chi connectivity index (χ1v) is 9.51. The number of hydrogen-bond donors (Lipinski definition) is 0. The molecular formula is C17H16N4O3S2. The van der Waals surface area contributed by atoms with Gasteiger partial charge in [0.15, 0.2) is 0 Å². The molecule has 0 saturated carbocycles. The average Bonchev–Trinajstić information content (AvgIpc) is 3.37. The third kappa shape index (κ3) is 3.33. The standard InChI is InChI=1S/C17H16N4O3S2/c22-21(23)13-5-1-4-12(10-13)16-18-20(17(25)24-16)11-19-8-2-6-14(19)15-7-3-9-26-15/h1,3-5,7,9-10,14H,2,6,8,11H2/t14-/m1/s1. The first-order chi connectivity index (χ1) is 12.6. The maximum absolute atomic E-state index is 11.0. The van der Waals surface area contributed by atoms with Crippen molar-refractivity contribution in [3.05, 3.63) is 61.6 Å². The smallest absolute Gasteiger partial charge is 0.288 e. The number of nitro groups is 1. The summed E-state index contributed by atoms with van der Waals surface area (Å²) >= 11 is 7.07. The van der Waals surface area contributed by atoms with Gasteiger partial charge in [0.25, 0.3) is 10.5 Å². The van der Waals surface area contributed by atoms with Crippen LogP contribution in [0.5, 0.6) is 0 Å². The summed E-state index contributed by atoms with van der Waals surface area (Å²) in [6, 6.07) is 10.8. The molecule has 0 radical (unpaired) electrons. The maximum atomic E-state index is 11.0. The zero-order valence-corrected chi connectivity index (χ0v) is 15.4. The summed E-state index contributed by atoms with van der Waals surface area (Å²) < 4.78 is 7.24. The highest BCUT2D eigenvalue weighted by Gasteiger charge is 2.27. The van der Waals surface area contributed by atoms with E-state index >= 15 is 0 Å². The topological polar surface area (TPSA) is 77.3 Å². The van der Waals surface area contributed by atoms with Crippen LogP contribution in [0, 0.1) is 15.0 Å². The van der Waals surface area contributed by atoms with Crippen LogP contribution in [0.4, 0.5) is 5.69 Å². The van der Waals surface area contributed by atoms with Crippen molar-refractivity contribution in [1.29, 1.82) is 0 Å². The Hall–Kier alpha value is -2.36. The number of benzene rings is 1. The number of thiophene rings is 1. The largest absolute Gasteiger partial charge is 0.409 e. The first kappa shape index (κ1) is 17.1. The summed E-state index contributed by atoms with van der Waals surface area (Å²) in [6.45, 7) is 1.52. The van der Waals surface area contributed by atoms with Crippen LogP contribution in [0.3, 0.4) is 0 Å². The molecule has 1 aliphatic rings. The van der Waals surface area contributed by atoms with E-state index in [1.165, 1.54) is 17.0 Å². The molecule has 0 amide bonds. The van der Waals surface area contributed by atoms with Crippen LogP contribution < -0.4 is 0 Å². The summed E-state index contributed by atoms with van der Waals surface area (Å²) in [7, 11) is 0. The lowest BCUT2D eigenvalue weighted by Crippen LogP contribution is -2.26. The highest BCUT2D eigenvalue weighted by Crippen LogP contribution is 2.34. The molecule has 9 heteroatoms. The average molecular weight is 388 g/mol. The summed E-state index contributed by atoms with van der Waals surface area (Å²) in [4.78, 5) is 14.5. The van der Waals surface area contributed by atoms with Gasteiger partial charge in [-0.25, -0.2) is 4.68 Å². The molecule has 1 saturated heterocycles. The third-order valence-electron chi connectivity index (χ3n) is 4.46. The maximum Gasteiger partial charge on any atom is 0.288 e. The van der Waals surface area contributed by atoms with E-state index in [2.05, 4.69) is 27.5 Å². The van der Waals surface area contributed by atoms with E-state index in [4.69, 9.17) is 16.6 Å². The van der Waals surface area contributed by atoms with E-state index < -0.39 is 4.92 Å². The lowest BCUT2D eigenvalue weighted by atomic mass is 10.2. The Balaban J connectivity index is 1.58. The number of nitro benzene ring substituents is 1. The molecule has 3 heterocycles. The highest BCUT2D eigenvalue weighted by molar-refractivity contribution is 7.71. The van der Waals surface area contributed by atoms with Crippen LogP contribution in [0.1, 0.15) is 23.8 Å². The van der Waals surface area contributed by atoms with Crippen molar-refractivity contribution >= 4 is 29.2 Å². The van der Waals surface area contributed by atoms with Gasteiger partial charge in [0, 0.05) is 35.2 Å². The van der Waals surface area contributed by atoms with Gasteiger partial charge in [0.05, 0.1) is 11.6 Å². The van der Waals surface area contributed by atoms with Crippen molar-refractivity contribution in [2.24, 2.45) is 0 Å². The normalized spacial score (nSPS) is 17.6. The van der Waals surface area contributed by atoms with E-state index in [9.17, 15) is 10.1 Å². The molecule has 0 N–H and O–H groups in total. The zero-order valence-electron chi connectivity index (χ0n) is 13.8. The number of rotatable bonds is 5. The Morgan fingerprint density at radius 2 is 2.27 bits per heavy atom. The molecule has 1 atom stereocenters. The SMILES string of the molecule is O=[N+]([O-])c1cccc(-c2nn(CN3CCC[C@@H]3c3cccs3)c(=S)o2)c1. The van der Waals surface area contributed by atoms with Crippen LogP contribution in [0.25, 0.3) is 11.5 Å². The minimum atomic E-state index is -0.440. The van der Waals surface area contributed by atoms with Gasteiger partial charge >= 0.3 is 0 Å². The molecule has 0 bridgehead atoms. The second-order valence-electron chi connectivity index (χ2n) is 6.11. The number of hydrogen-bond acceptors (Lipinski definition) is 7. The van der Waals surface area contributed by atoms with Crippen molar-refractivity contribution in [3.63, 3.8) is 0 Å². The van der Waals surface area contributed by atoms with Crippen LogP contribution in [-0.2, 0) is 6.67 Å². The van der Waals surface area contributed by atoms with Gasteiger partial charge in [-0.1, -0.05) is 12.1 Å². The van der Waals surface area contributed by atoms with Gasteiger partial charge < -0.3 is 4.42 Å². The monoisotopic (exact) mass is 388 g/mol. The Morgan fingerprint density at radius 1 is 1.38 bits per heavy atom. The second kappa shape index (κ2) is 7.10. The Labute approximate surface area is 158 Å². The zero-order chi connectivity index (χ0) is 18.1. The molecule has 1 aliphatic heterocycles. The fourth-order valence-corrected chi connectivity index (χ4v) is 4.31. The Bertz CT molecular complexity index is 980. The molecule has 7 nitrogen and oxygen atoms in total. The van der Waals surface area contributed by atoms with E-state index in [-0.39, 0.29) is 10.5 Å². The number of aromatic nitrogens is 2. The molecule has 0 spiro atoms. The van der Waals surface area contributed by atoms with Gasteiger partial charge in [-0.05, 0) is 42.6 Å². The minimum absolute atomic E-state index is 0.00419. The second-order valence-corrected chi connectivity index (χ2v) is 7.44. The summed E-state index contributed by atoms with van der Waals surface area (Å²) in [6.07, 6.45) is 2.24. The third-order valence-corrected chi connectivity index (χ3v) is 5.73. The van der Waals surface area contributed by atoms with Gasteiger partial charge in [0.1, 0.15) is 0 Å². The van der Waals surface area contributed by atoms with Gasteiger partial charge in [0.2, 0.25) is 5.89 Å². The van der Waals surface area contributed by atoms with Crippen molar-refractivity contribution in [1.82, 2.24) is 14.7 Å². The molecular weight excluding hydrogens is 372 g/mol. The van der Waals surface area contributed by atoms with Crippen molar-refractivity contribution in [2.75, 3.05) is 6.54 Å². The minimum Gasteiger partial charge on any atom is -0.409 e. The fraction of sp³-hybridized carbons (Fsp3) is 0.294. The number of likely N-dealkylation sites (tertiary alicyclic amines) is 1. The molecule has 134 valence electrons. The summed E-state index contributed by atoms with van der Waals surface area (Å²) in [5.41, 5.74) is 0.538. The van der Waals surface area contributed by atoms with E-state index in [0.29, 0.717) is 24.2 Å². The van der Waals surface area contributed by atoms with Crippen molar-refractivity contribution < 1.29 is 9.34 Å². The van der Waals surface area contributed by atoms with E-state index in [0.717, 1.165) is 19.4 Å². The predicted molar refractivity (Wildman–Crippen MR) is 100 cm³/mol. The van der Waals surface area contributed by atoms with E-state index in [1.54, 1.807) is 28.2 Å². The van der Waals surface area contributed by atoms with Gasteiger partial charge in [-0.3, -0.25) is 15.0 Å². The number of nitrogens with zero attached hydrogens (tertiary/aromatic N) is 4. The predicted octanol–water partition coefficient (Wildman–Crippen LogP) is 4.64. The highest BCUT2D eigenvalue weighted by atomic mass is 32.1. The van der Waals surface area contributed by atoms with Gasteiger partial charge in [-0.15, -0.1) is 16.4 Å². The van der Waals surface area contributed by atoms with Crippen LogP contribution in [0.2, 0.25) is 0 Å². The molecule has 26 heavy (non-hydrogen) atoms. The summed E-state index contributed by atoms with van der Waals surface area (Å²) in [5, 5.41) is 17.5. The van der Waals surface area contributed by atoms with Gasteiger partial charge in [-0.2, -0.15) is 0 Å². The fourth-order valence-electron chi connectivity index (χ4n) is 3.24. The van der Waals surface area contributed by atoms with Crippen LogP contribution in [0.15, 0.2) is 46.2 Å². The molecule has 1 aromatic carbocycles. The Kier molecular flexibility index (Phi) is 4.66. The van der Waals surface area contributed by atoms with Crippen molar-refractivity contribution in [3.8, 4) is 11.5 Å². The molecule has 4 rings (SSSR count). The lowest BCUT2D eigenvalue weighted by Gasteiger charge is -2.22. The first-order valence-electron chi connectivity index (χ1n) is 8.22. The molecule has 3 aromatic rings. The van der Waals surface area contributed by atoms with E-state index in [1.807, 2.05) is 0 Å².